The van der Waals surface area contributed by atoms with Gasteiger partial charge in [-0.05, 0) is 0 Å². The van der Waals surface area contributed by atoms with Crippen LogP contribution >= 0.6 is 0 Å². The highest BCUT2D eigenvalue weighted by Gasteiger charge is 1.90. The number of rotatable bonds is 0. The average Bonchev–Trinajstić information content (AvgIpc) is 1.30. The highest BCUT2D eigenvalue weighted by atomic mass is 16.6. The fourth-order valence-electron chi connectivity index (χ4n) is 0.112. The SMILES string of the molecule is OC1=C=CO1. The summed E-state index contributed by atoms with van der Waals surface area (Å²) in [7, 11) is 0. The Morgan fingerprint density at radius 2 is 2.40 bits per heavy atom. The second-order valence-electron chi connectivity index (χ2n) is 0.685. The zero-order chi connectivity index (χ0) is 3.70. The fourth-order valence-corrected chi connectivity index (χ4v) is 0.112. The number of ether oxygens (including phenoxy) is 1. The van der Waals surface area contributed by atoms with Crippen molar-refractivity contribution in [1.29, 1.82) is 0 Å². The van der Waals surface area contributed by atoms with Crippen LogP contribution in [0.2, 0.25) is 0 Å². The van der Waals surface area contributed by atoms with Gasteiger partial charge in [0.15, 0.2) is 0 Å². The summed E-state index contributed by atoms with van der Waals surface area (Å²) in [6.45, 7) is 0. The van der Waals surface area contributed by atoms with Crippen LogP contribution in [0, 0.1) is 0 Å². The molecule has 0 saturated carbocycles. The minimum absolute atomic E-state index is 0.120. The molecule has 0 aromatic rings. The molecule has 5 heavy (non-hydrogen) atoms. The molecule has 1 N–H and O–H groups in total. The van der Waals surface area contributed by atoms with E-state index in [9.17, 15) is 0 Å². The minimum Gasteiger partial charge on any atom is -0.474 e. The lowest BCUT2D eigenvalue weighted by atomic mass is 10.7. The van der Waals surface area contributed by atoms with E-state index in [1.807, 2.05) is 0 Å². The quantitative estimate of drug-likeness (QED) is 0.421. The van der Waals surface area contributed by atoms with Crippen molar-refractivity contribution in [3.8, 4) is 0 Å². The zero-order valence-electron chi connectivity index (χ0n) is 2.43. The Morgan fingerprint density at radius 1 is 2.00 bits per heavy atom. The van der Waals surface area contributed by atoms with Gasteiger partial charge in [0, 0.05) is 5.73 Å². The van der Waals surface area contributed by atoms with E-state index in [1.165, 1.54) is 6.26 Å². The van der Waals surface area contributed by atoms with E-state index in [2.05, 4.69) is 10.5 Å². The Hall–Kier alpha value is -0.880. The van der Waals surface area contributed by atoms with Crippen LogP contribution in [0.5, 0.6) is 0 Å². The van der Waals surface area contributed by atoms with E-state index in [4.69, 9.17) is 5.11 Å². The predicted molar refractivity (Wildman–Crippen MR) is 15.3 cm³/mol. The van der Waals surface area contributed by atoms with Crippen LogP contribution in [0.25, 0.3) is 0 Å². The monoisotopic (exact) mass is 70.0 g/mol. The molecule has 0 bridgehead atoms. The second kappa shape index (κ2) is 0.535. The standard InChI is InChI=1S/C3H2O2/c4-3-1-2-5-3/h2,4H. The molecule has 1 aliphatic heterocycles. The van der Waals surface area contributed by atoms with E-state index < -0.39 is 0 Å². The van der Waals surface area contributed by atoms with Gasteiger partial charge in [-0.1, -0.05) is 0 Å². The summed E-state index contributed by atoms with van der Waals surface area (Å²) in [6, 6.07) is 0. The molecule has 0 radical (unpaired) electrons. The summed E-state index contributed by atoms with van der Waals surface area (Å²) >= 11 is 0. The van der Waals surface area contributed by atoms with Crippen LogP contribution in [-0.2, 0) is 4.74 Å². The van der Waals surface area contributed by atoms with Gasteiger partial charge in [-0.15, -0.1) is 0 Å². The molecule has 26 valence electrons. The summed E-state index contributed by atoms with van der Waals surface area (Å²) in [4.78, 5) is 0. The Labute approximate surface area is 29.0 Å². The minimum atomic E-state index is -0.120. The third-order valence-corrected chi connectivity index (χ3v) is 0.353. The maximum atomic E-state index is 8.00. The number of hydrogen-bond acceptors (Lipinski definition) is 2. The van der Waals surface area contributed by atoms with Crippen molar-refractivity contribution in [2.45, 2.75) is 0 Å². The molecular formula is C3H2O2. The highest BCUT2D eigenvalue weighted by molar-refractivity contribution is 4.90. The van der Waals surface area contributed by atoms with Crippen molar-refractivity contribution in [2.24, 2.45) is 0 Å². The third-order valence-electron chi connectivity index (χ3n) is 0.353. The molecule has 0 fully saturated rings. The highest BCUT2D eigenvalue weighted by Crippen LogP contribution is 1.96. The van der Waals surface area contributed by atoms with Crippen LogP contribution in [0.15, 0.2) is 17.9 Å². The van der Waals surface area contributed by atoms with Gasteiger partial charge in [0.2, 0.25) is 0 Å². The lowest BCUT2D eigenvalue weighted by Crippen LogP contribution is -1.85. The topological polar surface area (TPSA) is 29.5 Å². The van der Waals surface area contributed by atoms with Crippen molar-refractivity contribution < 1.29 is 9.84 Å². The summed E-state index contributed by atoms with van der Waals surface area (Å²) in [5.74, 6) is -0.120. The fraction of sp³-hybridized carbons (Fsp3) is 0. The molecule has 0 unspecified atom stereocenters. The third kappa shape index (κ3) is 0.149. The van der Waals surface area contributed by atoms with Gasteiger partial charge in [0.1, 0.15) is 6.26 Å². The van der Waals surface area contributed by atoms with Crippen LogP contribution in [0.4, 0.5) is 0 Å². The van der Waals surface area contributed by atoms with Gasteiger partial charge < -0.3 is 9.84 Å². The van der Waals surface area contributed by atoms with Gasteiger partial charge in [-0.2, -0.15) is 0 Å². The molecule has 0 aliphatic carbocycles. The molecule has 1 rings (SSSR count). The summed E-state index contributed by atoms with van der Waals surface area (Å²) in [5.41, 5.74) is 2.33. The second-order valence-corrected chi connectivity index (χ2v) is 0.685. The maximum absolute atomic E-state index is 8.00. The molecule has 2 nitrogen and oxygen atoms in total. The van der Waals surface area contributed by atoms with Gasteiger partial charge in [-0.3, -0.25) is 0 Å². The molecule has 1 aliphatic rings. The number of aliphatic hydroxyl groups excluding tert-OH is 1. The van der Waals surface area contributed by atoms with Crippen molar-refractivity contribution in [1.82, 2.24) is 0 Å². The molecule has 2 heteroatoms. The van der Waals surface area contributed by atoms with Gasteiger partial charge in [0.25, 0.3) is 0 Å². The lowest BCUT2D eigenvalue weighted by Gasteiger charge is -1.95. The van der Waals surface area contributed by atoms with Crippen molar-refractivity contribution in [3.63, 3.8) is 0 Å². The van der Waals surface area contributed by atoms with Gasteiger partial charge in [0.05, 0.1) is 0 Å². The molecular weight excluding hydrogens is 68.0 g/mol. The van der Waals surface area contributed by atoms with Crippen LogP contribution in [0.3, 0.4) is 0 Å². The summed E-state index contributed by atoms with van der Waals surface area (Å²) < 4.78 is 4.17. The first kappa shape index (κ1) is 2.36. The Kier molecular flexibility index (Phi) is 0.253. The van der Waals surface area contributed by atoms with Crippen LogP contribution < -0.4 is 0 Å². The Bertz CT molecular complexity index is 97.5. The average molecular weight is 70.0 g/mol. The summed E-state index contributed by atoms with van der Waals surface area (Å²) in [5, 5.41) is 8.00. The maximum Gasteiger partial charge on any atom is 0.333 e. The van der Waals surface area contributed by atoms with E-state index in [1.54, 1.807) is 0 Å². The van der Waals surface area contributed by atoms with E-state index >= 15 is 0 Å². The van der Waals surface area contributed by atoms with E-state index in [0.717, 1.165) is 0 Å². The summed E-state index contributed by atoms with van der Waals surface area (Å²) in [6.07, 6.45) is 1.29. The molecule has 0 saturated heterocycles. The zero-order valence-corrected chi connectivity index (χ0v) is 2.43. The largest absolute Gasteiger partial charge is 0.474 e. The predicted octanol–water partition coefficient (Wildman–Crippen LogP) is 0.529. The smallest absolute Gasteiger partial charge is 0.333 e. The molecule has 0 aromatic carbocycles. The van der Waals surface area contributed by atoms with Gasteiger partial charge >= 0.3 is 5.95 Å². The van der Waals surface area contributed by atoms with E-state index in [0.29, 0.717) is 0 Å². The van der Waals surface area contributed by atoms with Crippen molar-refractivity contribution >= 4 is 0 Å². The molecule has 0 atom stereocenters. The first-order valence-corrected chi connectivity index (χ1v) is 1.20. The molecule has 0 spiro atoms. The Morgan fingerprint density at radius 3 is 2.40 bits per heavy atom. The number of aliphatic hydroxyl groups is 1. The van der Waals surface area contributed by atoms with Crippen LogP contribution in [0.1, 0.15) is 0 Å². The van der Waals surface area contributed by atoms with Crippen molar-refractivity contribution in [3.05, 3.63) is 17.9 Å². The first-order valence-electron chi connectivity index (χ1n) is 1.20. The molecule has 0 amide bonds. The van der Waals surface area contributed by atoms with Gasteiger partial charge in [-0.25, -0.2) is 0 Å². The van der Waals surface area contributed by atoms with Crippen LogP contribution in [-0.4, -0.2) is 5.11 Å². The van der Waals surface area contributed by atoms with Crippen molar-refractivity contribution in [2.75, 3.05) is 0 Å². The normalized spacial score (nSPS) is 15.6. The molecule has 1 heterocycles. The number of hydrogen-bond donors (Lipinski definition) is 1. The van der Waals surface area contributed by atoms with E-state index in [-0.39, 0.29) is 5.95 Å². The first-order chi connectivity index (χ1) is 2.39. The lowest BCUT2D eigenvalue weighted by molar-refractivity contribution is 0.146. The molecule has 0 aromatic heterocycles. The Balaban J connectivity index is 2.85.